The van der Waals surface area contributed by atoms with Gasteiger partial charge in [-0.3, -0.25) is 9.10 Å². The second kappa shape index (κ2) is 10.4. The predicted molar refractivity (Wildman–Crippen MR) is 136 cm³/mol. The number of sulfonamides is 1. The van der Waals surface area contributed by atoms with Crippen molar-refractivity contribution in [2.24, 2.45) is 0 Å². The number of nitrogens with zero attached hydrogens (tertiary/aromatic N) is 1. The van der Waals surface area contributed by atoms with Crippen LogP contribution in [0.4, 0.5) is 5.69 Å². The van der Waals surface area contributed by atoms with Crippen LogP contribution in [0.5, 0.6) is 11.5 Å². The maximum atomic E-state index is 13.4. The Kier molecular flexibility index (Phi) is 7.31. The molecule has 0 bridgehead atoms. The van der Waals surface area contributed by atoms with Crippen molar-refractivity contribution in [3.05, 3.63) is 83.9 Å². The number of benzene rings is 3. The van der Waals surface area contributed by atoms with Crippen LogP contribution < -0.4 is 19.1 Å². The molecule has 35 heavy (non-hydrogen) atoms. The highest BCUT2D eigenvalue weighted by Crippen LogP contribution is 2.37. The van der Waals surface area contributed by atoms with E-state index in [4.69, 9.17) is 9.47 Å². The number of aryl methyl sites for hydroxylation is 1. The number of rotatable bonds is 8. The van der Waals surface area contributed by atoms with Crippen molar-refractivity contribution in [1.29, 1.82) is 0 Å². The Bertz CT molecular complexity index is 1290. The van der Waals surface area contributed by atoms with Crippen LogP contribution in [0.1, 0.15) is 30.9 Å². The third-order valence-electron chi connectivity index (χ3n) is 5.81. The van der Waals surface area contributed by atoms with Crippen molar-refractivity contribution in [3.63, 3.8) is 0 Å². The van der Waals surface area contributed by atoms with E-state index in [0.717, 1.165) is 16.9 Å². The highest BCUT2D eigenvalue weighted by atomic mass is 32.2. The zero-order chi connectivity index (χ0) is 25.0. The second-order valence-corrected chi connectivity index (χ2v) is 10.6. The first-order valence-electron chi connectivity index (χ1n) is 11.6. The van der Waals surface area contributed by atoms with E-state index in [0.29, 0.717) is 17.4 Å². The Balaban J connectivity index is 1.47. The van der Waals surface area contributed by atoms with Crippen LogP contribution in [0.25, 0.3) is 0 Å². The predicted octanol–water partition coefficient (Wildman–Crippen LogP) is 4.27. The molecule has 0 aromatic heterocycles. The lowest BCUT2D eigenvalue weighted by atomic mass is 10.0. The zero-order valence-corrected chi connectivity index (χ0v) is 20.9. The number of carbonyl (C=O) groups is 1. The number of ether oxygens (including phenoxy) is 2. The average molecular weight is 495 g/mol. The second-order valence-electron chi connectivity index (χ2n) is 8.76. The van der Waals surface area contributed by atoms with Crippen molar-refractivity contribution in [1.82, 2.24) is 5.32 Å². The summed E-state index contributed by atoms with van der Waals surface area (Å²) in [6.45, 7) is 6.49. The Labute approximate surface area is 206 Å². The fraction of sp³-hybridized carbons (Fsp3) is 0.296. The Morgan fingerprint density at radius 2 is 1.80 bits per heavy atom. The number of para-hydroxylation sites is 1. The lowest BCUT2D eigenvalue weighted by Crippen LogP contribution is -2.51. The molecule has 0 saturated carbocycles. The standard InChI is InChI=1S/C27H30N2O5S/c1-19(2)22-11-7-8-12-24(22)33-16-15-28-27(30)26-18-29(23-14-13-20(3)17-25(23)34-26)35(31,32)21-9-5-4-6-10-21/h4-14,17,19,26H,15-16,18H2,1-3H3,(H,28,30)/t26-/m0/s1. The van der Waals surface area contributed by atoms with Gasteiger partial charge in [-0.15, -0.1) is 0 Å². The highest BCUT2D eigenvalue weighted by Gasteiger charge is 2.37. The van der Waals surface area contributed by atoms with Crippen molar-refractivity contribution in [3.8, 4) is 11.5 Å². The van der Waals surface area contributed by atoms with E-state index < -0.39 is 22.0 Å². The minimum Gasteiger partial charge on any atom is -0.491 e. The molecule has 0 saturated heterocycles. The number of hydrogen-bond acceptors (Lipinski definition) is 5. The Morgan fingerprint density at radius 1 is 1.09 bits per heavy atom. The molecule has 1 heterocycles. The van der Waals surface area contributed by atoms with Crippen LogP contribution >= 0.6 is 0 Å². The lowest BCUT2D eigenvalue weighted by molar-refractivity contribution is -0.127. The van der Waals surface area contributed by atoms with Crippen molar-refractivity contribution < 1.29 is 22.7 Å². The molecular weight excluding hydrogens is 464 g/mol. The van der Waals surface area contributed by atoms with Gasteiger partial charge in [-0.05, 0) is 54.3 Å². The maximum absolute atomic E-state index is 13.4. The normalized spacial score (nSPS) is 15.3. The van der Waals surface area contributed by atoms with Gasteiger partial charge < -0.3 is 14.8 Å². The number of carbonyl (C=O) groups excluding carboxylic acids is 1. The van der Waals surface area contributed by atoms with E-state index in [1.807, 2.05) is 37.3 Å². The Morgan fingerprint density at radius 3 is 2.54 bits per heavy atom. The summed E-state index contributed by atoms with van der Waals surface area (Å²) in [6.07, 6.45) is -0.995. The van der Waals surface area contributed by atoms with Crippen molar-refractivity contribution >= 4 is 21.6 Å². The molecule has 4 rings (SSSR count). The number of amides is 1. The van der Waals surface area contributed by atoms with Crippen LogP contribution in [0.3, 0.4) is 0 Å². The summed E-state index contributed by atoms with van der Waals surface area (Å²) >= 11 is 0. The number of fused-ring (bicyclic) bond motifs is 1. The monoisotopic (exact) mass is 494 g/mol. The molecule has 1 aliphatic heterocycles. The average Bonchev–Trinajstić information content (AvgIpc) is 2.86. The van der Waals surface area contributed by atoms with E-state index in [9.17, 15) is 13.2 Å². The fourth-order valence-corrected chi connectivity index (χ4v) is 5.48. The molecule has 8 heteroatoms. The van der Waals surface area contributed by atoms with Gasteiger partial charge in [-0.2, -0.15) is 0 Å². The van der Waals surface area contributed by atoms with E-state index in [2.05, 4.69) is 19.2 Å². The minimum atomic E-state index is -3.88. The van der Waals surface area contributed by atoms with Gasteiger partial charge in [0.05, 0.1) is 23.7 Å². The number of nitrogens with one attached hydrogen (secondary N) is 1. The van der Waals surface area contributed by atoms with Gasteiger partial charge in [0.15, 0.2) is 6.10 Å². The van der Waals surface area contributed by atoms with Gasteiger partial charge in [0, 0.05) is 0 Å². The van der Waals surface area contributed by atoms with E-state index in [-0.39, 0.29) is 24.6 Å². The highest BCUT2D eigenvalue weighted by molar-refractivity contribution is 7.92. The van der Waals surface area contributed by atoms with Gasteiger partial charge in [0.1, 0.15) is 18.1 Å². The summed E-state index contributed by atoms with van der Waals surface area (Å²) in [5.41, 5.74) is 2.42. The van der Waals surface area contributed by atoms with Crippen molar-refractivity contribution in [2.75, 3.05) is 24.0 Å². The van der Waals surface area contributed by atoms with E-state index >= 15 is 0 Å². The molecule has 1 aliphatic rings. The van der Waals surface area contributed by atoms with Gasteiger partial charge >= 0.3 is 0 Å². The molecule has 1 atom stereocenters. The first kappa shape index (κ1) is 24.6. The molecule has 7 nitrogen and oxygen atoms in total. The largest absolute Gasteiger partial charge is 0.491 e. The minimum absolute atomic E-state index is 0.129. The Hall–Kier alpha value is -3.52. The molecule has 0 fully saturated rings. The first-order valence-corrected chi connectivity index (χ1v) is 13.1. The van der Waals surface area contributed by atoms with E-state index in [1.54, 1.807) is 42.5 Å². The quantitative estimate of drug-likeness (QED) is 0.473. The molecule has 0 aliphatic carbocycles. The summed E-state index contributed by atoms with van der Waals surface area (Å²) in [5.74, 6) is 1.07. The van der Waals surface area contributed by atoms with Crippen LogP contribution in [0.15, 0.2) is 77.7 Å². The van der Waals surface area contributed by atoms with Crippen LogP contribution in [-0.2, 0) is 14.8 Å². The third kappa shape index (κ3) is 5.43. The maximum Gasteiger partial charge on any atom is 0.264 e. The third-order valence-corrected chi connectivity index (χ3v) is 7.60. The molecule has 1 amide bonds. The van der Waals surface area contributed by atoms with Gasteiger partial charge in [-0.25, -0.2) is 8.42 Å². The number of anilines is 1. The molecule has 0 radical (unpaired) electrons. The summed E-state index contributed by atoms with van der Waals surface area (Å²) in [5, 5.41) is 2.82. The molecule has 0 unspecified atom stereocenters. The molecule has 3 aromatic carbocycles. The van der Waals surface area contributed by atoms with Crippen LogP contribution in [-0.4, -0.2) is 40.1 Å². The van der Waals surface area contributed by atoms with E-state index in [1.165, 1.54) is 4.31 Å². The van der Waals surface area contributed by atoms with Gasteiger partial charge in [0.2, 0.25) is 0 Å². The van der Waals surface area contributed by atoms with Crippen LogP contribution in [0.2, 0.25) is 0 Å². The van der Waals surface area contributed by atoms with Gasteiger partial charge in [-0.1, -0.05) is 56.3 Å². The lowest BCUT2D eigenvalue weighted by Gasteiger charge is -2.35. The van der Waals surface area contributed by atoms with Gasteiger partial charge in [0.25, 0.3) is 15.9 Å². The van der Waals surface area contributed by atoms with Crippen LogP contribution in [0, 0.1) is 6.92 Å². The SMILES string of the molecule is Cc1ccc2c(c1)O[C@H](C(=O)NCCOc1ccccc1C(C)C)CN2S(=O)(=O)c1ccccc1. The van der Waals surface area contributed by atoms with Crippen molar-refractivity contribution in [2.45, 2.75) is 37.7 Å². The molecule has 3 aromatic rings. The summed E-state index contributed by atoms with van der Waals surface area (Å²) in [7, 11) is -3.88. The number of hydrogen-bond donors (Lipinski definition) is 1. The molecule has 0 spiro atoms. The first-order chi connectivity index (χ1) is 16.8. The molecule has 184 valence electrons. The molecule has 1 N–H and O–H groups in total. The summed E-state index contributed by atoms with van der Waals surface area (Å²) in [4.78, 5) is 13.1. The fourth-order valence-electron chi connectivity index (χ4n) is 3.98. The summed E-state index contributed by atoms with van der Waals surface area (Å²) in [6, 6.07) is 21.3. The summed E-state index contributed by atoms with van der Waals surface area (Å²) < 4.78 is 39.9. The topological polar surface area (TPSA) is 84.9 Å². The zero-order valence-electron chi connectivity index (χ0n) is 20.1. The molecular formula is C27H30N2O5S. The smallest absolute Gasteiger partial charge is 0.264 e.